The van der Waals surface area contributed by atoms with Crippen LogP contribution in [-0.4, -0.2) is 43.1 Å². The average Bonchev–Trinajstić information content (AvgIpc) is 2.45. The first-order valence-corrected chi connectivity index (χ1v) is 6.89. The smallest absolute Gasteiger partial charge is 0.270 e. The van der Waals surface area contributed by atoms with Crippen LogP contribution in [-0.2, 0) is 6.54 Å². The minimum Gasteiger partial charge on any atom is -0.492 e. The van der Waals surface area contributed by atoms with Gasteiger partial charge in [-0.3, -0.25) is 10.1 Å². The summed E-state index contributed by atoms with van der Waals surface area (Å²) in [4.78, 5) is 12.7. The Morgan fingerprint density at radius 3 is 2.60 bits per heavy atom. The van der Waals surface area contributed by atoms with Crippen molar-refractivity contribution < 1.29 is 9.66 Å². The molecule has 20 heavy (non-hydrogen) atoms. The molecule has 1 aromatic rings. The Balaban J connectivity index is 2.70. The molecule has 6 nitrogen and oxygen atoms in total. The number of likely N-dealkylation sites (N-methyl/N-ethyl adjacent to an activating group) is 1. The van der Waals surface area contributed by atoms with Crippen LogP contribution in [0.1, 0.15) is 19.4 Å². The highest BCUT2D eigenvalue weighted by molar-refractivity contribution is 5.43. The van der Waals surface area contributed by atoms with Crippen LogP contribution in [0.2, 0.25) is 0 Å². The van der Waals surface area contributed by atoms with Gasteiger partial charge in [0.15, 0.2) is 0 Å². The second-order valence-electron chi connectivity index (χ2n) is 4.45. The number of ether oxygens (including phenoxy) is 1. The predicted molar refractivity (Wildman–Crippen MR) is 79.1 cm³/mol. The zero-order valence-corrected chi connectivity index (χ0v) is 12.4. The second-order valence-corrected chi connectivity index (χ2v) is 4.45. The van der Waals surface area contributed by atoms with E-state index in [9.17, 15) is 10.1 Å². The molecular weight excluding hydrogens is 258 g/mol. The summed E-state index contributed by atoms with van der Waals surface area (Å²) >= 11 is 0. The minimum atomic E-state index is -0.390. The molecule has 0 aliphatic heterocycles. The molecule has 0 saturated carbocycles. The van der Waals surface area contributed by atoms with Gasteiger partial charge in [-0.05, 0) is 26.2 Å². The van der Waals surface area contributed by atoms with Crippen molar-refractivity contribution in [3.8, 4) is 5.75 Å². The Morgan fingerprint density at radius 2 is 2.05 bits per heavy atom. The molecule has 0 aromatic heterocycles. The van der Waals surface area contributed by atoms with Crippen molar-refractivity contribution in [2.75, 3.05) is 33.3 Å². The first-order chi connectivity index (χ1) is 9.62. The Hall–Kier alpha value is -1.66. The van der Waals surface area contributed by atoms with Crippen LogP contribution in [0.3, 0.4) is 0 Å². The van der Waals surface area contributed by atoms with Gasteiger partial charge in [0.25, 0.3) is 5.69 Å². The Bertz CT molecular complexity index is 434. The van der Waals surface area contributed by atoms with Crippen LogP contribution in [0.25, 0.3) is 0 Å². The van der Waals surface area contributed by atoms with Crippen LogP contribution in [0.5, 0.6) is 5.75 Å². The highest BCUT2D eigenvalue weighted by atomic mass is 16.6. The van der Waals surface area contributed by atoms with Crippen molar-refractivity contribution in [2.24, 2.45) is 0 Å². The van der Waals surface area contributed by atoms with E-state index in [1.54, 1.807) is 19.2 Å². The number of nitro groups is 1. The summed E-state index contributed by atoms with van der Waals surface area (Å²) in [5.41, 5.74) is 0.896. The number of rotatable bonds is 9. The molecule has 0 radical (unpaired) electrons. The summed E-state index contributed by atoms with van der Waals surface area (Å²) in [6.07, 6.45) is 0. The number of nitrogens with zero attached hydrogens (tertiary/aromatic N) is 2. The van der Waals surface area contributed by atoms with E-state index in [-0.39, 0.29) is 5.69 Å². The van der Waals surface area contributed by atoms with Crippen molar-refractivity contribution >= 4 is 5.69 Å². The summed E-state index contributed by atoms with van der Waals surface area (Å²) in [6.45, 7) is 8.18. The quantitative estimate of drug-likeness (QED) is 0.554. The highest BCUT2D eigenvalue weighted by Gasteiger charge is 2.11. The van der Waals surface area contributed by atoms with E-state index >= 15 is 0 Å². The van der Waals surface area contributed by atoms with Crippen molar-refractivity contribution in [2.45, 2.75) is 20.4 Å². The summed E-state index contributed by atoms with van der Waals surface area (Å²) in [6, 6.07) is 4.71. The number of non-ortho nitro benzene ring substituents is 1. The molecule has 0 bridgehead atoms. The topological polar surface area (TPSA) is 67.6 Å². The zero-order valence-electron chi connectivity index (χ0n) is 12.4. The molecule has 0 unspecified atom stereocenters. The van der Waals surface area contributed by atoms with Gasteiger partial charge in [-0.1, -0.05) is 13.8 Å². The Labute approximate surface area is 119 Å². The van der Waals surface area contributed by atoms with Crippen LogP contribution >= 0.6 is 0 Å². The van der Waals surface area contributed by atoms with Crippen molar-refractivity contribution in [1.82, 2.24) is 10.2 Å². The van der Waals surface area contributed by atoms with E-state index in [4.69, 9.17) is 4.74 Å². The maximum absolute atomic E-state index is 10.8. The Morgan fingerprint density at radius 1 is 1.35 bits per heavy atom. The molecule has 0 fully saturated rings. The van der Waals surface area contributed by atoms with Crippen LogP contribution < -0.4 is 10.1 Å². The van der Waals surface area contributed by atoms with Gasteiger partial charge in [-0.25, -0.2) is 0 Å². The van der Waals surface area contributed by atoms with Crippen LogP contribution in [0.15, 0.2) is 18.2 Å². The zero-order chi connectivity index (χ0) is 15.0. The molecule has 0 amide bonds. The number of nitro benzene ring substituents is 1. The summed E-state index contributed by atoms with van der Waals surface area (Å²) in [7, 11) is 1.80. The summed E-state index contributed by atoms with van der Waals surface area (Å²) < 4.78 is 5.75. The molecule has 0 aliphatic carbocycles. The first-order valence-electron chi connectivity index (χ1n) is 6.89. The highest BCUT2D eigenvalue weighted by Crippen LogP contribution is 2.24. The summed E-state index contributed by atoms with van der Waals surface area (Å²) in [5, 5.41) is 13.8. The van der Waals surface area contributed by atoms with Crippen molar-refractivity contribution in [1.29, 1.82) is 0 Å². The molecule has 1 aromatic carbocycles. The lowest BCUT2D eigenvalue weighted by Crippen LogP contribution is -2.28. The molecule has 0 spiro atoms. The average molecular weight is 281 g/mol. The molecule has 0 aliphatic rings. The SMILES string of the molecule is CCN(CC)CCOc1ccc([N+](=O)[O-])cc1CNC. The monoisotopic (exact) mass is 281 g/mol. The molecular formula is C14H23N3O3. The fourth-order valence-corrected chi connectivity index (χ4v) is 1.97. The number of nitrogens with one attached hydrogen (secondary N) is 1. The molecule has 0 atom stereocenters. The third-order valence-corrected chi connectivity index (χ3v) is 3.18. The minimum absolute atomic E-state index is 0.0892. The van der Waals surface area contributed by atoms with Crippen LogP contribution in [0, 0.1) is 10.1 Å². The van der Waals surface area contributed by atoms with Gasteiger partial charge in [0.05, 0.1) is 4.92 Å². The van der Waals surface area contributed by atoms with Gasteiger partial charge in [-0.15, -0.1) is 0 Å². The number of benzene rings is 1. The van der Waals surface area contributed by atoms with Gasteiger partial charge in [0.2, 0.25) is 0 Å². The fraction of sp³-hybridized carbons (Fsp3) is 0.571. The molecule has 6 heteroatoms. The Kier molecular flexibility index (Phi) is 6.97. The van der Waals surface area contributed by atoms with E-state index in [0.717, 1.165) is 25.2 Å². The lowest BCUT2D eigenvalue weighted by Gasteiger charge is -2.18. The standard InChI is InChI=1S/C14H23N3O3/c1-4-16(5-2)8-9-20-14-7-6-13(17(18)19)10-12(14)11-15-3/h6-7,10,15H,4-5,8-9,11H2,1-3H3. The van der Waals surface area contributed by atoms with Crippen molar-refractivity contribution in [3.05, 3.63) is 33.9 Å². The maximum Gasteiger partial charge on any atom is 0.270 e. The molecule has 0 saturated heterocycles. The van der Waals surface area contributed by atoms with Gasteiger partial charge in [0, 0.05) is 30.8 Å². The van der Waals surface area contributed by atoms with E-state index in [1.807, 2.05) is 0 Å². The third kappa shape index (κ3) is 4.79. The third-order valence-electron chi connectivity index (χ3n) is 3.18. The largest absolute Gasteiger partial charge is 0.492 e. The van der Waals surface area contributed by atoms with E-state index in [0.29, 0.717) is 18.9 Å². The molecule has 112 valence electrons. The van der Waals surface area contributed by atoms with Gasteiger partial charge in [-0.2, -0.15) is 0 Å². The maximum atomic E-state index is 10.8. The second kappa shape index (κ2) is 8.50. The van der Waals surface area contributed by atoms with E-state index in [1.165, 1.54) is 6.07 Å². The molecule has 1 N–H and O–H groups in total. The molecule has 1 rings (SSSR count). The van der Waals surface area contributed by atoms with Gasteiger partial charge < -0.3 is 15.0 Å². The first kappa shape index (κ1) is 16.4. The predicted octanol–water partition coefficient (Wildman–Crippen LogP) is 2.03. The van der Waals surface area contributed by atoms with Crippen LogP contribution in [0.4, 0.5) is 5.69 Å². The lowest BCUT2D eigenvalue weighted by atomic mass is 10.2. The van der Waals surface area contributed by atoms with Gasteiger partial charge >= 0.3 is 0 Å². The molecule has 0 heterocycles. The van der Waals surface area contributed by atoms with Gasteiger partial charge in [0.1, 0.15) is 12.4 Å². The van der Waals surface area contributed by atoms with E-state index < -0.39 is 4.92 Å². The van der Waals surface area contributed by atoms with E-state index in [2.05, 4.69) is 24.1 Å². The normalized spacial score (nSPS) is 10.8. The lowest BCUT2D eigenvalue weighted by molar-refractivity contribution is -0.384. The number of hydrogen-bond donors (Lipinski definition) is 1. The van der Waals surface area contributed by atoms with Crippen molar-refractivity contribution in [3.63, 3.8) is 0 Å². The summed E-state index contributed by atoms with van der Waals surface area (Å²) in [5.74, 6) is 0.706. The number of hydrogen-bond acceptors (Lipinski definition) is 5. The fourth-order valence-electron chi connectivity index (χ4n) is 1.97.